The van der Waals surface area contributed by atoms with Crippen LogP contribution in [0.4, 0.5) is 0 Å². The molecule has 0 aromatic carbocycles. The van der Waals surface area contributed by atoms with Gasteiger partial charge in [0.1, 0.15) is 0 Å². The number of hydrogen-bond acceptors (Lipinski definition) is 7. The fourth-order valence-electron chi connectivity index (χ4n) is 2.29. The zero-order valence-electron chi connectivity index (χ0n) is 12.7. The molecular weight excluding hydrogens is 288 g/mol. The Morgan fingerprint density at radius 2 is 2.05 bits per heavy atom. The average molecular weight is 312 g/mol. The van der Waals surface area contributed by atoms with Crippen molar-refractivity contribution in [2.75, 3.05) is 53.4 Å². The first kappa shape index (κ1) is 16.3. The van der Waals surface area contributed by atoms with Crippen LogP contribution in [0.3, 0.4) is 0 Å². The lowest BCUT2D eigenvalue weighted by Gasteiger charge is -2.34. The number of hydrazine groups is 1. The van der Waals surface area contributed by atoms with Crippen molar-refractivity contribution in [1.82, 2.24) is 25.1 Å². The molecule has 1 aliphatic rings. The summed E-state index contributed by atoms with van der Waals surface area (Å²) in [5.41, 5.74) is 3.06. The molecule has 2 rings (SSSR count). The third-order valence-electron chi connectivity index (χ3n) is 3.59. The Balaban J connectivity index is 1.75. The van der Waals surface area contributed by atoms with E-state index in [0.29, 0.717) is 5.01 Å². The number of amides is 1. The summed E-state index contributed by atoms with van der Waals surface area (Å²) < 4.78 is 0. The SMILES string of the molecule is CN(C)CCN1CCN(Cc2csc(C(=O)NN)n2)CC1. The van der Waals surface area contributed by atoms with E-state index in [4.69, 9.17) is 5.84 Å². The van der Waals surface area contributed by atoms with Crippen LogP contribution in [-0.4, -0.2) is 79.0 Å². The molecular formula is C13H24N6OS. The van der Waals surface area contributed by atoms with Gasteiger partial charge in [-0.25, -0.2) is 10.8 Å². The maximum atomic E-state index is 11.4. The quantitative estimate of drug-likeness (QED) is 0.416. The number of carbonyl (C=O) groups is 1. The summed E-state index contributed by atoms with van der Waals surface area (Å²) in [6.45, 7) is 7.30. The van der Waals surface area contributed by atoms with Crippen molar-refractivity contribution < 1.29 is 4.79 Å². The summed E-state index contributed by atoms with van der Waals surface area (Å²) in [5, 5.41) is 2.36. The number of piperazine rings is 1. The number of nitrogens with two attached hydrogens (primary N) is 1. The molecule has 1 aliphatic heterocycles. The lowest BCUT2D eigenvalue weighted by atomic mass is 10.3. The minimum absolute atomic E-state index is 0.320. The van der Waals surface area contributed by atoms with Crippen LogP contribution in [0.5, 0.6) is 0 Å². The number of hydrogen-bond donors (Lipinski definition) is 2. The second kappa shape index (κ2) is 7.81. The summed E-state index contributed by atoms with van der Waals surface area (Å²) >= 11 is 1.34. The van der Waals surface area contributed by atoms with Gasteiger partial charge in [-0.2, -0.15) is 0 Å². The van der Waals surface area contributed by atoms with Gasteiger partial charge in [-0.05, 0) is 14.1 Å². The number of rotatable bonds is 6. The van der Waals surface area contributed by atoms with Crippen molar-refractivity contribution in [1.29, 1.82) is 0 Å². The number of nitrogen functional groups attached to an aromatic ring is 1. The minimum Gasteiger partial charge on any atom is -0.308 e. The molecule has 1 aromatic rings. The van der Waals surface area contributed by atoms with Crippen LogP contribution in [0, 0.1) is 0 Å². The molecule has 0 spiro atoms. The number of thiazole rings is 1. The van der Waals surface area contributed by atoms with Gasteiger partial charge in [-0.1, -0.05) is 0 Å². The van der Waals surface area contributed by atoms with Crippen LogP contribution in [0.15, 0.2) is 5.38 Å². The molecule has 0 unspecified atom stereocenters. The number of carbonyl (C=O) groups excluding carboxylic acids is 1. The molecule has 21 heavy (non-hydrogen) atoms. The number of likely N-dealkylation sites (N-methyl/N-ethyl adjacent to an activating group) is 1. The molecule has 0 saturated carbocycles. The fourth-order valence-corrected chi connectivity index (χ4v) is 3.00. The largest absolute Gasteiger partial charge is 0.308 e. The molecule has 118 valence electrons. The first-order chi connectivity index (χ1) is 10.1. The monoisotopic (exact) mass is 312 g/mol. The normalized spacial score (nSPS) is 17.3. The van der Waals surface area contributed by atoms with Crippen LogP contribution in [0.1, 0.15) is 15.5 Å². The van der Waals surface area contributed by atoms with Gasteiger partial charge < -0.3 is 4.90 Å². The molecule has 1 amide bonds. The third-order valence-corrected chi connectivity index (χ3v) is 4.48. The highest BCUT2D eigenvalue weighted by Gasteiger charge is 2.18. The third kappa shape index (κ3) is 5.01. The second-order valence-electron chi connectivity index (χ2n) is 5.54. The molecule has 0 atom stereocenters. The standard InChI is InChI=1S/C13H24N6OS/c1-17(2)3-4-18-5-7-19(8-6-18)9-11-10-21-13(15-11)12(20)16-14/h10H,3-9,14H2,1-2H3,(H,16,20). The second-order valence-corrected chi connectivity index (χ2v) is 6.40. The van der Waals surface area contributed by atoms with Crippen LogP contribution >= 0.6 is 11.3 Å². The predicted molar refractivity (Wildman–Crippen MR) is 84.0 cm³/mol. The van der Waals surface area contributed by atoms with E-state index in [1.54, 1.807) is 0 Å². The van der Waals surface area contributed by atoms with Gasteiger partial charge >= 0.3 is 0 Å². The highest BCUT2D eigenvalue weighted by molar-refractivity contribution is 7.11. The van der Waals surface area contributed by atoms with Crippen LogP contribution in [-0.2, 0) is 6.54 Å². The molecule has 7 nitrogen and oxygen atoms in total. The summed E-state index contributed by atoms with van der Waals surface area (Å²) in [5.74, 6) is 4.79. The van der Waals surface area contributed by atoms with E-state index in [2.05, 4.69) is 39.2 Å². The topological polar surface area (TPSA) is 77.7 Å². The van der Waals surface area contributed by atoms with Gasteiger partial charge in [-0.3, -0.25) is 20.0 Å². The van der Waals surface area contributed by atoms with Gasteiger partial charge in [-0.15, -0.1) is 11.3 Å². The molecule has 0 aliphatic carbocycles. The maximum absolute atomic E-state index is 11.4. The highest BCUT2D eigenvalue weighted by atomic mass is 32.1. The molecule has 0 bridgehead atoms. The fraction of sp³-hybridized carbons (Fsp3) is 0.692. The van der Waals surface area contributed by atoms with Crippen LogP contribution in [0.25, 0.3) is 0 Å². The van der Waals surface area contributed by atoms with Crippen LogP contribution < -0.4 is 11.3 Å². The van der Waals surface area contributed by atoms with E-state index in [-0.39, 0.29) is 5.91 Å². The summed E-state index contributed by atoms with van der Waals surface area (Å²) in [4.78, 5) is 22.8. The Labute approximate surface area is 129 Å². The maximum Gasteiger partial charge on any atom is 0.294 e. The molecule has 3 N–H and O–H groups in total. The Morgan fingerprint density at radius 3 is 2.67 bits per heavy atom. The zero-order chi connectivity index (χ0) is 15.2. The van der Waals surface area contributed by atoms with E-state index < -0.39 is 0 Å². The lowest BCUT2D eigenvalue weighted by molar-refractivity contribution is 0.0952. The van der Waals surface area contributed by atoms with Crippen molar-refractivity contribution in [2.45, 2.75) is 6.54 Å². The Hall–Kier alpha value is -1.06. The minimum atomic E-state index is -0.320. The van der Waals surface area contributed by atoms with Gasteiger partial charge in [0, 0.05) is 51.2 Å². The van der Waals surface area contributed by atoms with Gasteiger partial charge in [0.25, 0.3) is 5.91 Å². The summed E-state index contributed by atoms with van der Waals surface area (Å²) in [7, 11) is 4.21. The van der Waals surface area contributed by atoms with Crippen molar-refractivity contribution in [2.24, 2.45) is 5.84 Å². The van der Waals surface area contributed by atoms with Gasteiger partial charge in [0.05, 0.1) is 5.69 Å². The van der Waals surface area contributed by atoms with E-state index >= 15 is 0 Å². The smallest absolute Gasteiger partial charge is 0.294 e. The summed E-state index contributed by atoms with van der Waals surface area (Å²) in [6.07, 6.45) is 0. The van der Waals surface area contributed by atoms with E-state index in [0.717, 1.165) is 51.5 Å². The molecule has 1 fully saturated rings. The molecule has 1 aromatic heterocycles. The number of nitrogens with one attached hydrogen (secondary N) is 1. The zero-order valence-corrected chi connectivity index (χ0v) is 13.5. The van der Waals surface area contributed by atoms with Crippen molar-refractivity contribution in [3.05, 3.63) is 16.1 Å². The van der Waals surface area contributed by atoms with Gasteiger partial charge in [0.15, 0.2) is 5.01 Å². The summed E-state index contributed by atoms with van der Waals surface area (Å²) in [6, 6.07) is 0. The van der Waals surface area contributed by atoms with Crippen molar-refractivity contribution >= 4 is 17.2 Å². The Morgan fingerprint density at radius 1 is 1.38 bits per heavy atom. The first-order valence-corrected chi connectivity index (χ1v) is 8.01. The molecule has 1 saturated heterocycles. The van der Waals surface area contributed by atoms with E-state index in [1.807, 2.05) is 5.38 Å². The Kier molecular flexibility index (Phi) is 6.07. The van der Waals surface area contributed by atoms with Crippen molar-refractivity contribution in [3.8, 4) is 0 Å². The highest BCUT2D eigenvalue weighted by Crippen LogP contribution is 2.13. The first-order valence-electron chi connectivity index (χ1n) is 7.13. The van der Waals surface area contributed by atoms with Crippen LogP contribution in [0.2, 0.25) is 0 Å². The molecule has 0 radical (unpaired) electrons. The van der Waals surface area contributed by atoms with E-state index in [1.165, 1.54) is 11.3 Å². The molecule has 8 heteroatoms. The van der Waals surface area contributed by atoms with E-state index in [9.17, 15) is 4.79 Å². The molecule has 2 heterocycles. The lowest BCUT2D eigenvalue weighted by Crippen LogP contribution is -2.47. The predicted octanol–water partition coefficient (Wildman–Crippen LogP) is -0.574. The number of nitrogens with zero attached hydrogens (tertiary/aromatic N) is 4. The van der Waals surface area contributed by atoms with Crippen molar-refractivity contribution in [3.63, 3.8) is 0 Å². The average Bonchev–Trinajstić information content (AvgIpc) is 2.94. The van der Waals surface area contributed by atoms with Gasteiger partial charge in [0.2, 0.25) is 0 Å². The Bertz CT molecular complexity index is 455. The number of aromatic nitrogens is 1.